The van der Waals surface area contributed by atoms with Gasteiger partial charge in [0.25, 0.3) is 0 Å². The molecule has 5 rings (SSSR count). The molecule has 2 aliphatic heterocycles. The highest BCUT2D eigenvalue weighted by atomic mass is 16.5. The van der Waals surface area contributed by atoms with Gasteiger partial charge in [0.15, 0.2) is 0 Å². The molecule has 7 nitrogen and oxygen atoms in total. The van der Waals surface area contributed by atoms with E-state index >= 15 is 0 Å². The average molecular weight is 390 g/mol. The van der Waals surface area contributed by atoms with Crippen molar-refractivity contribution in [3.8, 4) is 11.1 Å². The van der Waals surface area contributed by atoms with Crippen molar-refractivity contribution in [1.29, 1.82) is 0 Å². The fourth-order valence-electron chi connectivity index (χ4n) is 4.18. The number of hydrogen-bond acceptors (Lipinski definition) is 7. The number of pyridine rings is 3. The first-order chi connectivity index (χ1) is 14.2. The van der Waals surface area contributed by atoms with E-state index in [1.54, 1.807) is 0 Å². The fourth-order valence-corrected chi connectivity index (χ4v) is 4.18. The second kappa shape index (κ2) is 7.67. The third kappa shape index (κ3) is 3.46. The number of hydrazine groups is 1. The quantitative estimate of drug-likeness (QED) is 0.712. The summed E-state index contributed by atoms with van der Waals surface area (Å²) in [6.45, 7) is 7.40. The normalized spacial score (nSPS) is 22.3. The maximum absolute atomic E-state index is 5.64. The zero-order chi connectivity index (χ0) is 19.8. The van der Waals surface area contributed by atoms with Crippen LogP contribution in [-0.2, 0) is 4.74 Å². The first kappa shape index (κ1) is 18.4. The first-order valence-corrected chi connectivity index (χ1v) is 10.3. The number of ether oxygens (including phenoxy) is 1. The van der Waals surface area contributed by atoms with E-state index in [9.17, 15) is 0 Å². The SMILES string of the molecule is Cc1ccc(-c2cc(N3CCOC[C@H]3C)nc3c(C4CCNN4)nccc23)cn1. The summed E-state index contributed by atoms with van der Waals surface area (Å²) < 4.78 is 5.64. The van der Waals surface area contributed by atoms with Crippen LogP contribution in [-0.4, -0.2) is 47.3 Å². The Bertz CT molecular complexity index is 1020. The van der Waals surface area contributed by atoms with Gasteiger partial charge in [-0.1, -0.05) is 6.07 Å². The van der Waals surface area contributed by atoms with Crippen LogP contribution in [0.25, 0.3) is 22.0 Å². The van der Waals surface area contributed by atoms with Crippen molar-refractivity contribution >= 4 is 16.7 Å². The van der Waals surface area contributed by atoms with E-state index in [0.29, 0.717) is 0 Å². The van der Waals surface area contributed by atoms with E-state index in [0.717, 1.165) is 72.0 Å². The Balaban J connectivity index is 1.72. The molecule has 5 heterocycles. The number of hydrogen-bond donors (Lipinski definition) is 2. The fraction of sp³-hybridized carbons (Fsp3) is 0.409. The van der Waals surface area contributed by atoms with Gasteiger partial charge in [0, 0.05) is 42.1 Å². The van der Waals surface area contributed by atoms with Crippen LogP contribution in [0.1, 0.15) is 30.8 Å². The number of aryl methyl sites for hydroxylation is 1. The Hall–Kier alpha value is -2.61. The summed E-state index contributed by atoms with van der Waals surface area (Å²) in [6, 6.07) is 8.90. The smallest absolute Gasteiger partial charge is 0.130 e. The molecule has 0 aromatic carbocycles. The number of nitrogens with one attached hydrogen (secondary N) is 2. The van der Waals surface area contributed by atoms with Crippen molar-refractivity contribution in [2.45, 2.75) is 32.4 Å². The van der Waals surface area contributed by atoms with Crippen LogP contribution >= 0.6 is 0 Å². The molecule has 0 spiro atoms. The first-order valence-electron chi connectivity index (χ1n) is 10.3. The lowest BCUT2D eigenvalue weighted by atomic mass is 9.99. The van der Waals surface area contributed by atoms with Crippen LogP contribution in [0.3, 0.4) is 0 Å². The van der Waals surface area contributed by atoms with Crippen molar-refractivity contribution in [1.82, 2.24) is 25.8 Å². The molecular weight excluding hydrogens is 364 g/mol. The lowest BCUT2D eigenvalue weighted by Gasteiger charge is -2.34. The minimum absolute atomic E-state index is 0.160. The van der Waals surface area contributed by atoms with Crippen molar-refractivity contribution in [2.24, 2.45) is 0 Å². The second-order valence-corrected chi connectivity index (χ2v) is 7.84. The summed E-state index contributed by atoms with van der Waals surface area (Å²) in [4.78, 5) is 16.7. The molecule has 2 aliphatic rings. The Morgan fingerprint density at radius 3 is 2.90 bits per heavy atom. The van der Waals surface area contributed by atoms with E-state index in [1.807, 2.05) is 19.3 Å². The van der Waals surface area contributed by atoms with Gasteiger partial charge >= 0.3 is 0 Å². The molecule has 0 aliphatic carbocycles. The van der Waals surface area contributed by atoms with Crippen LogP contribution in [0.15, 0.2) is 36.7 Å². The van der Waals surface area contributed by atoms with E-state index in [1.165, 1.54) is 0 Å². The predicted octanol–water partition coefficient (Wildman–Crippen LogP) is 2.76. The van der Waals surface area contributed by atoms with E-state index in [4.69, 9.17) is 14.7 Å². The second-order valence-electron chi connectivity index (χ2n) is 7.84. The Morgan fingerprint density at radius 2 is 2.14 bits per heavy atom. The zero-order valence-electron chi connectivity index (χ0n) is 16.9. The molecular formula is C22H26N6O. The Kier molecular flexibility index (Phi) is 4.87. The summed E-state index contributed by atoms with van der Waals surface area (Å²) in [5, 5.41) is 1.11. The Labute approximate surface area is 170 Å². The highest BCUT2D eigenvalue weighted by Crippen LogP contribution is 2.35. The zero-order valence-corrected chi connectivity index (χ0v) is 16.9. The largest absolute Gasteiger partial charge is 0.377 e. The molecule has 2 saturated heterocycles. The number of nitrogens with zero attached hydrogens (tertiary/aromatic N) is 4. The molecule has 3 aromatic heterocycles. The van der Waals surface area contributed by atoms with Gasteiger partial charge in [-0.2, -0.15) is 0 Å². The number of fused-ring (bicyclic) bond motifs is 1. The molecule has 2 fully saturated rings. The summed E-state index contributed by atoms with van der Waals surface area (Å²) in [5.74, 6) is 0.976. The van der Waals surface area contributed by atoms with Crippen LogP contribution < -0.4 is 15.8 Å². The van der Waals surface area contributed by atoms with Gasteiger partial charge in [0.1, 0.15) is 5.82 Å². The number of rotatable bonds is 3. The molecule has 7 heteroatoms. The van der Waals surface area contributed by atoms with Crippen LogP contribution in [0.2, 0.25) is 0 Å². The van der Waals surface area contributed by atoms with Crippen molar-refractivity contribution < 1.29 is 4.74 Å². The topological polar surface area (TPSA) is 75.2 Å². The standard InChI is InChI=1S/C22H26N6O/c1-14-3-4-16(12-24-14)18-11-20(28-9-10-29-13-15(28)2)26-21-17(18)5-7-23-22(21)19-6-8-25-27-19/h3-5,7,11-12,15,19,25,27H,6,8-10,13H2,1-2H3/t15-,19?/m1/s1. The molecule has 0 bridgehead atoms. The molecule has 2 N–H and O–H groups in total. The van der Waals surface area contributed by atoms with Crippen LogP contribution in [0.5, 0.6) is 0 Å². The average Bonchev–Trinajstić information content (AvgIpc) is 3.28. The van der Waals surface area contributed by atoms with Gasteiger partial charge < -0.3 is 9.64 Å². The summed E-state index contributed by atoms with van der Waals surface area (Å²) >= 11 is 0. The molecule has 1 unspecified atom stereocenters. The number of morpholine rings is 1. The highest BCUT2D eigenvalue weighted by Gasteiger charge is 2.25. The van der Waals surface area contributed by atoms with Gasteiger partial charge in [-0.3, -0.25) is 15.4 Å². The van der Waals surface area contributed by atoms with Gasteiger partial charge in [-0.15, -0.1) is 0 Å². The molecule has 150 valence electrons. The third-order valence-corrected chi connectivity index (χ3v) is 5.79. The van der Waals surface area contributed by atoms with Gasteiger partial charge in [0.2, 0.25) is 0 Å². The van der Waals surface area contributed by atoms with E-state index in [2.05, 4.69) is 51.9 Å². The molecule has 0 radical (unpaired) electrons. The van der Waals surface area contributed by atoms with Crippen LogP contribution in [0.4, 0.5) is 5.82 Å². The monoisotopic (exact) mass is 390 g/mol. The van der Waals surface area contributed by atoms with E-state index < -0.39 is 0 Å². The van der Waals surface area contributed by atoms with Gasteiger partial charge in [-0.05, 0) is 44.0 Å². The minimum Gasteiger partial charge on any atom is -0.377 e. The Morgan fingerprint density at radius 1 is 1.21 bits per heavy atom. The molecule has 0 saturated carbocycles. The maximum atomic E-state index is 5.64. The summed E-state index contributed by atoms with van der Waals surface area (Å²) in [6.07, 6.45) is 4.83. The lowest BCUT2D eigenvalue weighted by molar-refractivity contribution is 0.0986. The number of anilines is 1. The summed E-state index contributed by atoms with van der Waals surface area (Å²) in [5.41, 5.74) is 11.8. The third-order valence-electron chi connectivity index (χ3n) is 5.79. The predicted molar refractivity (Wildman–Crippen MR) is 114 cm³/mol. The van der Waals surface area contributed by atoms with Crippen molar-refractivity contribution in [3.63, 3.8) is 0 Å². The molecule has 3 aromatic rings. The van der Waals surface area contributed by atoms with E-state index in [-0.39, 0.29) is 12.1 Å². The molecule has 0 amide bonds. The lowest BCUT2D eigenvalue weighted by Crippen LogP contribution is -2.44. The number of aromatic nitrogens is 3. The van der Waals surface area contributed by atoms with Crippen molar-refractivity contribution in [3.05, 3.63) is 48.0 Å². The van der Waals surface area contributed by atoms with Gasteiger partial charge in [-0.25, -0.2) is 10.4 Å². The molecule has 2 atom stereocenters. The van der Waals surface area contributed by atoms with Crippen LogP contribution in [0, 0.1) is 6.92 Å². The minimum atomic E-state index is 0.160. The maximum Gasteiger partial charge on any atom is 0.130 e. The highest BCUT2D eigenvalue weighted by molar-refractivity contribution is 5.97. The molecule has 29 heavy (non-hydrogen) atoms. The van der Waals surface area contributed by atoms with Crippen molar-refractivity contribution in [2.75, 3.05) is 31.2 Å². The van der Waals surface area contributed by atoms with Gasteiger partial charge in [0.05, 0.1) is 36.5 Å². The summed E-state index contributed by atoms with van der Waals surface area (Å²) in [7, 11) is 0.